The van der Waals surface area contributed by atoms with Gasteiger partial charge in [0.2, 0.25) is 5.95 Å². The lowest BCUT2D eigenvalue weighted by atomic mass is 10.2. The second-order valence-corrected chi connectivity index (χ2v) is 18.0. The summed E-state index contributed by atoms with van der Waals surface area (Å²) in [5.41, 5.74) is 5.09. The van der Waals surface area contributed by atoms with Crippen molar-refractivity contribution >= 4 is 108 Å². The highest BCUT2D eigenvalue weighted by Crippen LogP contribution is 2.54. The summed E-state index contributed by atoms with van der Waals surface area (Å²) >= 11 is 6.94. The Bertz CT molecular complexity index is 2840. The summed E-state index contributed by atoms with van der Waals surface area (Å²) in [4.78, 5) is 24.8. The van der Waals surface area contributed by atoms with E-state index in [1.165, 1.54) is 0 Å². The molecule has 0 spiro atoms. The van der Waals surface area contributed by atoms with Gasteiger partial charge in [0.05, 0.1) is 0 Å². The van der Waals surface area contributed by atoms with E-state index < -0.39 is 0 Å². The molecule has 11 rings (SSSR count). The fourth-order valence-electron chi connectivity index (χ4n) is 7.26. The SMILES string of the molecule is c1ccc(-c2nc(-c3ccccc3)nc(N3c4ccc(s4)N(c4ccccc4)c4ccc(s4)N(c4ccccc4)c4ccc(s4)N(c4ccccc4)c4ccc3s4)n2)cc1. The van der Waals surface area contributed by atoms with Crippen LogP contribution in [-0.2, 0) is 0 Å². The molecule has 7 nitrogen and oxygen atoms in total. The zero-order valence-electron chi connectivity index (χ0n) is 31.8. The van der Waals surface area contributed by atoms with Gasteiger partial charge in [-0.2, -0.15) is 9.97 Å². The van der Waals surface area contributed by atoms with E-state index in [1.54, 1.807) is 45.3 Å². The predicted octanol–water partition coefficient (Wildman–Crippen LogP) is 15.6. The van der Waals surface area contributed by atoms with Crippen molar-refractivity contribution in [2.24, 2.45) is 0 Å². The minimum absolute atomic E-state index is 0.540. The van der Waals surface area contributed by atoms with Crippen LogP contribution in [0.2, 0.25) is 0 Å². The summed E-state index contributed by atoms with van der Waals surface area (Å²) in [6.07, 6.45) is 0. The van der Waals surface area contributed by atoms with Crippen molar-refractivity contribution in [2.45, 2.75) is 0 Å². The van der Waals surface area contributed by atoms with Gasteiger partial charge in [0, 0.05) is 28.2 Å². The van der Waals surface area contributed by atoms with E-state index in [2.05, 4.69) is 159 Å². The van der Waals surface area contributed by atoms with E-state index in [4.69, 9.17) is 15.0 Å². The lowest BCUT2D eigenvalue weighted by molar-refractivity contribution is 1.03. The smallest absolute Gasteiger partial charge is 0.240 e. The van der Waals surface area contributed by atoms with E-state index in [0.717, 1.165) is 68.2 Å². The Labute approximate surface area is 363 Å². The molecular weight excluding hydrogens is 815 g/mol. The number of fused-ring (bicyclic) bond motifs is 8. The van der Waals surface area contributed by atoms with Gasteiger partial charge in [-0.05, 0) is 84.9 Å². The average Bonchev–Trinajstić information content (AvgIpc) is 4.17. The number of hydrogen-bond donors (Lipinski definition) is 0. The Morgan fingerprint density at radius 1 is 0.250 bits per heavy atom. The molecule has 6 heterocycles. The third-order valence-electron chi connectivity index (χ3n) is 10.0. The van der Waals surface area contributed by atoms with Crippen molar-refractivity contribution in [1.29, 1.82) is 0 Å². The Morgan fingerprint density at radius 3 is 0.783 bits per heavy atom. The van der Waals surface area contributed by atoms with Crippen LogP contribution < -0.4 is 19.6 Å². The molecule has 11 heteroatoms. The Balaban J connectivity index is 1.16. The topological polar surface area (TPSA) is 51.6 Å². The molecule has 10 aromatic rings. The van der Waals surface area contributed by atoms with Crippen molar-refractivity contribution in [3.05, 3.63) is 200 Å². The number of thiophene rings is 4. The van der Waals surface area contributed by atoms with Gasteiger partial charge < -0.3 is 0 Å². The fourth-order valence-corrected chi connectivity index (χ4v) is 11.7. The van der Waals surface area contributed by atoms with Gasteiger partial charge in [0.15, 0.2) is 11.6 Å². The maximum atomic E-state index is 5.25. The van der Waals surface area contributed by atoms with Crippen molar-refractivity contribution in [3.8, 4) is 22.8 Å². The third kappa shape index (κ3) is 6.83. The monoisotopic (exact) mass is 847 g/mol. The molecule has 288 valence electrons. The van der Waals surface area contributed by atoms with E-state index in [-0.39, 0.29) is 0 Å². The van der Waals surface area contributed by atoms with Crippen LogP contribution in [0.4, 0.5) is 63.0 Å². The normalized spacial score (nSPS) is 12.5. The highest BCUT2D eigenvalue weighted by Gasteiger charge is 2.28. The molecule has 0 atom stereocenters. The highest BCUT2D eigenvalue weighted by molar-refractivity contribution is 7.25. The Kier molecular flexibility index (Phi) is 9.48. The first kappa shape index (κ1) is 36.2. The summed E-state index contributed by atoms with van der Waals surface area (Å²) in [5, 5.41) is 8.52. The Hall–Kier alpha value is -6.89. The van der Waals surface area contributed by atoms with Crippen LogP contribution in [0.25, 0.3) is 22.8 Å². The summed E-state index contributed by atoms with van der Waals surface area (Å²) < 4.78 is 0. The van der Waals surface area contributed by atoms with Gasteiger partial charge in [-0.1, -0.05) is 161 Å². The lowest BCUT2D eigenvalue weighted by Crippen LogP contribution is -2.13. The predicted molar refractivity (Wildman–Crippen MR) is 254 cm³/mol. The summed E-state index contributed by atoms with van der Waals surface area (Å²) in [6, 6.07) is 69.9. The van der Waals surface area contributed by atoms with Crippen LogP contribution in [0.15, 0.2) is 200 Å². The number of nitrogens with zero attached hydrogens (tertiary/aromatic N) is 7. The minimum atomic E-state index is 0.540. The van der Waals surface area contributed by atoms with Crippen LogP contribution in [0.1, 0.15) is 0 Å². The molecule has 0 saturated heterocycles. The number of anilines is 12. The molecular formula is C49H33N7S4. The van der Waals surface area contributed by atoms with Gasteiger partial charge in [-0.3, -0.25) is 19.6 Å². The van der Waals surface area contributed by atoms with E-state index >= 15 is 0 Å². The van der Waals surface area contributed by atoms with Crippen LogP contribution in [0.5, 0.6) is 0 Å². The first-order valence-corrected chi connectivity index (χ1v) is 22.6. The molecule has 0 fully saturated rings. The van der Waals surface area contributed by atoms with Crippen LogP contribution >= 0.6 is 45.3 Å². The largest absolute Gasteiger partial charge is 0.293 e. The first-order chi connectivity index (χ1) is 29.7. The maximum absolute atomic E-state index is 5.25. The molecule has 5 aromatic carbocycles. The molecule has 0 amide bonds. The third-order valence-corrected chi connectivity index (χ3v) is 14.2. The number of para-hydroxylation sites is 3. The first-order valence-electron chi connectivity index (χ1n) is 19.4. The van der Waals surface area contributed by atoms with Crippen LogP contribution in [0.3, 0.4) is 0 Å². The lowest BCUT2D eigenvalue weighted by Gasteiger charge is -2.25. The standard InChI is InChI=1S/C49H33N7S4/c1-6-16-34(17-7-1)47-50-48(35-18-8-2-9-19-35)52-49(51-47)56-45-32-30-43(59-45)54(37-22-12-4-13-23-37)41-28-26-39(57-41)53(36-20-10-3-11-21-36)40-27-29-42(58-40)55(38-24-14-5-15-25-38)44-31-33-46(56)60-44/h1-33H. The quantitative estimate of drug-likeness (QED) is 0.165. The molecule has 60 heavy (non-hydrogen) atoms. The van der Waals surface area contributed by atoms with Crippen molar-refractivity contribution in [1.82, 2.24) is 15.0 Å². The molecule has 0 radical (unpaired) electrons. The zero-order valence-corrected chi connectivity index (χ0v) is 35.1. The molecule has 8 bridgehead atoms. The molecule has 0 unspecified atom stereocenters. The number of hydrogen-bond acceptors (Lipinski definition) is 11. The fraction of sp³-hybridized carbons (Fsp3) is 0. The van der Waals surface area contributed by atoms with E-state index in [0.29, 0.717) is 17.6 Å². The van der Waals surface area contributed by atoms with Gasteiger partial charge in [-0.15, -0.1) is 0 Å². The second-order valence-electron chi connectivity index (χ2n) is 13.8. The zero-order chi connectivity index (χ0) is 39.8. The van der Waals surface area contributed by atoms with Gasteiger partial charge in [-0.25, -0.2) is 4.98 Å². The Morgan fingerprint density at radius 2 is 0.500 bits per heavy atom. The van der Waals surface area contributed by atoms with Crippen LogP contribution in [0, 0.1) is 0 Å². The van der Waals surface area contributed by atoms with Gasteiger partial charge in [0.1, 0.15) is 40.0 Å². The average molecular weight is 848 g/mol. The van der Waals surface area contributed by atoms with E-state index in [9.17, 15) is 0 Å². The summed E-state index contributed by atoms with van der Waals surface area (Å²) in [7, 11) is 0. The highest BCUT2D eigenvalue weighted by atomic mass is 32.1. The van der Waals surface area contributed by atoms with E-state index in [1.807, 2.05) is 60.7 Å². The summed E-state index contributed by atoms with van der Waals surface area (Å²) in [5.74, 6) is 1.76. The van der Waals surface area contributed by atoms with Gasteiger partial charge >= 0.3 is 0 Å². The van der Waals surface area contributed by atoms with Crippen molar-refractivity contribution in [2.75, 3.05) is 19.6 Å². The number of aromatic nitrogens is 3. The second kappa shape index (κ2) is 15.7. The van der Waals surface area contributed by atoms with Crippen molar-refractivity contribution in [3.63, 3.8) is 0 Å². The van der Waals surface area contributed by atoms with Crippen LogP contribution in [-0.4, -0.2) is 15.0 Å². The molecule has 1 aliphatic rings. The maximum Gasteiger partial charge on any atom is 0.240 e. The number of rotatable bonds is 6. The molecule has 5 aromatic heterocycles. The van der Waals surface area contributed by atoms with Crippen molar-refractivity contribution < 1.29 is 0 Å². The number of benzene rings is 5. The molecule has 0 saturated carbocycles. The minimum Gasteiger partial charge on any atom is -0.293 e. The van der Waals surface area contributed by atoms with Gasteiger partial charge in [0.25, 0.3) is 0 Å². The summed E-state index contributed by atoms with van der Waals surface area (Å²) in [6.45, 7) is 0. The molecule has 1 aliphatic heterocycles. The molecule has 0 N–H and O–H groups in total. The molecule has 0 aliphatic carbocycles.